The van der Waals surface area contributed by atoms with Crippen LogP contribution in [-0.4, -0.2) is 94.8 Å². The van der Waals surface area contributed by atoms with E-state index < -0.39 is 90.8 Å². The minimum absolute atomic E-state index is 0.00217. The molecule has 0 aliphatic carbocycles. The van der Waals surface area contributed by atoms with E-state index in [2.05, 4.69) is 41.2 Å². The molecule has 2 heterocycles. The van der Waals surface area contributed by atoms with E-state index in [4.69, 9.17) is 15.9 Å². The smallest absolute Gasteiger partial charge is 0.326 e. The molecule has 0 aliphatic heterocycles. The first-order valence-corrected chi connectivity index (χ1v) is 14.1. The van der Waals surface area contributed by atoms with E-state index in [9.17, 15) is 43.5 Å². The molecule has 48 heavy (non-hydrogen) atoms. The van der Waals surface area contributed by atoms with Crippen LogP contribution in [0.4, 0.5) is 11.6 Å². The molecular weight excluding hydrogens is 638 g/mol. The number of nitrogens with one attached hydrogen (secondary N) is 5. The number of nitrogens with two attached hydrogens (primary N) is 1. The average molecular weight is 670 g/mol. The number of carbonyl (C=O) groups excluding carboxylic acids is 4. The molecule has 3 amide bonds. The Hall–Kier alpha value is -6.47. The summed E-state index contributed by atoms with van der Waals surface area (Å²) in [5.41, 5.74) is 6.06. The summed E-state index contributed by atoms with van der Waals surface area (Å²) in [6, 6.07) is 1.14. The number of aromatic amines is 1. The van der Waals surface area contributed by atoms with Crippen LogP contribution in [0.25, 0.3) is 11.2 Å². The van der Waals surface area contributed by atoms with Crippen molar-refractivity contribution in [2.45, 2.75) is 57.3 Å². The molecule has 0 bridgehead atoms. The highest BCUT2D eigenvalue weighted by atomic mass is 16.4. The van der Waals surface area contributed by atoms with Crippen molar-refractivity contribution in [3.63, 3.8) is 0 Å². The van der Waals surface area contributed by atoms with E-state index in [1.807, 2.05) is 0 Å². The number of H-pyrrole nitrogens is 1. The SMILES string of the molecule is CC(=O)[C@H](CC(=O)O)NC(=O)C(CC(=O)O)NC(=O)CCC(NC(=O)c1ccc(NCc2cnc3nc(N)[nH]c(=O)c3n2)cc1)C(=O)O. The minimum atomic E-state index is -1.71. The van der Waals surface area contributed by atoms with Crippen LogP contribution < -0.4 is 32.6 Å². The summed E-state index contributed by atoms with van der Waals surface area (Å²) in [5, 5.41) is 37.2. The number of anilines is 2. The van der Waals surface area contributed by atoms with Gasteiger partial charge >= 0.3 is 17.9 Å². The maximum absolute atomic E-state index is 12.7. The molecule has 0 saturated heterocycles. The summed E-state index contributed by atoms with van der Waals surface area (Å²) in [6.07, 6.45) is -1.28. The number of ketones is 1. The highest BCUT2D eigenvalue weighted by Gasteiger charge is 2.29. The number of carboxylic acid groups (broad SMARTS) is 3. The number of Topliss-reactive ketones (excluding diaryl/α,β-unsaturated/α-hetero) is 1. The molecule has 3 aromatic rings. The summed E-state index contributed by atoms with van der Waals surface area (Å²) < 4.78 is 0. The second kappa shape index (κ2) is 16.2. The molecule has 0 radical (unpaired) electrons. The third kappa shape index (κ3) is 10.6. The average Bonchev–Trinajstić information content (AvgIpc) is 3.00. The standard InChI is InChI=1S/C28H31N9O11/c1-12(38)17(8-20(40)41)35-25(45)18(9-21(42)43)33-19(39)7-6-16(27(47)48)34-24(44)13-2-4-14(5-3-13)30-10-15-11-31-23-22(32-15)26(46)37-28(29)36-23/h2-5,11,16-18,30H,6-10H2,1H3,(H,33,39)(H,34,44)(H,35,45)(H,40,41)(H,42,43)(H,47,48)(H3,29,31,36,37,46)/t16?,17-,18?/m0/s1. The summed E-state index contributed by atoms with van der Waals surface area (Å²) in [4.78, 5) is 110. The molecule has 2 unspecified atom stereocenters. The molecule has 0 aliphatic rings. The van der Waals surface area contributed by atoms with Crippen LogP contribution in [0, 0.1) is 0 Å². The quantitative estimate of drug-likeness (QED) is 0.0779. The van der Waals surface area contributed by atoms with Crippen LogP contribution in [0.5, 0.6) is 0 Å². The van der Waals surface area contributed by atoms with Crippen LogP contribution in [0.3, 0.4) is 0 Å². The van der Waals surface area contributed by atoms with Crippen molar-refractivity contribution in [3.8, 4) is 0 Å². The third-order valence-corrected chi connectivity index (χ3v) is 6.59. The van der Waals surface area contributed by atoms with Crippen molar-refractivity contribution in [1.82, 2.24) is 35.9 Å². The zero-order chi connectivity index (χ0) is 35.5. The van der Waals surface area contributed by atoms with Gasteiger partial charge in [0.05, 0.1) is 37.3 Å². The Kier molecular flexibility index (Phi) is 12.1. The normalized spacial score (nSPS) is 12.6. The van der Waals surface area contributed by atoms with Gasteiger partial charge in [-0.05, 0) is 37.6 Å². The summed E-state index contributed by atoms with van der Waals surface area (Å²) in [6.45, 7) is 1.17. The first-order chi connectivity index (χ1) is 22.6. The van der Waals surface area contributed by atoms with Crippen molar-refractivity contribution >= 4 is 64.2 Å². The number of aliphatic carboxylic acids is 3. The fraction of sp³-hybridized carbons (Fsp3) is 0.321. The number of hydrogen-bond donors (Lipinski definition) is 9. The number of nitrogens with zero attached hydrogens (tertiary/aromatic N) is 3. The van der Waals surface area contributed by atoms with Gasteiger partial charge in [0.1, 0.15) is 12.1 Å². The van der Waals surface area contributed by atoms with Gasteiger partial charge in [-0.1, -0.05) is 0 Å². The molecule has 10 N–H and O–H groups in total. The Morgan fingerprint density at radius 2 is 1.52 bits per heavy atom. The van der Waals surface area contributed by atoms with E-state index in [1.54, 1.807) is 0 Å². The van der Waals surface area contributed by atoms with Crippen molar-refractivity contribution < 1.29 is 48.9 Å². The van der Waals surface area contributed by atoms with E-state index in [0.717, 1.165) is 6.92 Å². The third-order valence-electron chi connectivity index (χ3n) is 6.59. The van der Waals surface area contributed by atoms with Crippen molar-refractivity contribution in [2.24, 2.45) is 0 Å². The highest BCUT2D eigenvalue weighted by Crippen LogP contribution is 2.12. The van der Waals surface area contributed by atoms with Gasteiger partial charge in [0, 0.05) is 17.7 Å². The van der Waals surface area contributed by atoms with E-state index in [1.165, 1.54) is 30.5 Å². The monoisotopic (exact) mass is 669 g/mol. The number of amides is 3. The van der Waals surface area contributed by atoms with E-state index in [-0.39, 0.29) is 29.2 Å². The number of rotatable bonds is 17. The molecule has 0 spiro atoms. The summed E-state index contributed by atoms with van der Waals surface area (Å²) in [5.74, 6) is -8.02. The van der Waals surface area contributed by atoms with E-state index >= 15 is 0 Å². The lowest BCUT2D eigenvalue weighted by Gasteiger charge is -2.21. The number of hydrogen-bond acceptors (Lipinski definition) is 13. The lowest BCUT2D eigenvalue weighted by atomic mass is 10.1. The number of aromatic nitrogens is 4. The molecule has 254 valence electrons. The first-order valence-electron chi connectivity index (χ1n) is 14.1. The molecular formula is C28H31N9O11. The zero-order valence-electron chi connectivity index (χ0n) is 25.2. The molecule has 2 aromatic heterocycles. The maximum atomic E-state index is 12.7. The zero-order valence-corrected chi connectivity index (χ0v) is 25.2. The topological polar surface area (TPSA) is 326 Å². The Bertz CT molecular complexity index is 1790. The fourth-order valence-corrected chi connectivity index (χ4v) is 4.16. The second-order valence-corrected chi connectivity index (χ2v) is 10.3. The van der Waals surface area contributed by atoms with Gasteiger partial charge in [0.2, 0.25) is 17.8 Å². The largest absolute Gasteiger partial charge is 0.481 e. The Balaban J connectivity index is 1.56. The van der Waals surface area contributed by atoms with Gasteiger partial charge in [-0.25, -0.2) is 14.8 Å². The van der Waals surface area contributed by atoms with E-state index in [0.29, 0.717) is 11.4 Å². The number of carbonyl (C=O) groups is 7. The number of benzene rings is 1. The predicted octanol–water partition coefficient (Wildman–Crippen LogP) is -1.62. The Morgan fingerprint density at radius 3 is 2.12 bits per heavy atom. The van der Waals surface area contributed by atoms with Gasteiger partial charge in [0.25, 0.3) is 11.5 Å². The molecule has 1 aromatic carbocycles. The first kappa shape index (κ1) is 36.0. The van der Waals surface area contributed by atoms with Crippen molar-refractivity contribution in [3.05, 3.63) is 52.1 Å². The number of carboxylic acids is 3. The predicted molar refractivity (Wildman–Crippen MR) is 163 cm³/mol. The molecule has 3 rings (SSSR count). The van der Waals surface area contributed by atoms with Crippen LogP contribution >= 0.6 is 0 Å². The lowest BCUT2D eigenvalue weighted by molar-refractivity contribution is -0.143. The van der Waals surface area contributed by atoms with Gasteiger partial charge in [-0.15, -0.1) is 0 Å². The highest BCUT2D eigenvalue weighted by molar-refractivity contribution is 5.97. The molecule has 20 nitrogen and oxygen atoms in total. The molecule has 3 atom stereocenters. The van der Waals surface area contributed by atoms with Crippen LogP contribution in [0.1, 0.15) is 48.7 Å². The lowest BCUT2D eigenvalue weighted by Crippen LogP contribution is -2.52. The second-order valence-electron chi connectivity index (χ2n) is 10.3. The molecule has 20 heteroatoms. The van der Waals surface area contributed by atoms with Gasteiger partial charge in [-0.2, -0.15) is 4.98 Å². The summed E-state index contributed by atoms with van der Waals surface area (Å²) >= 11 is 0. The van der Waals surface area contributed by atoms with Crippen molar-refractivity contribution in [2.75, 3.05) is 11.1 Å². The minimum Gasteiger partial charge on any atom is -0.481 e. The summed E-state index contributed by atoms with van der Waals surface area (Å²) in [7, 11) is 0. The number of fused-ring (bicyclic) bond motifs is 1. The van der Waals surface area contributed by atoms with Crippen molar-refractivity contribution in [1.29, 1.82) is 0 Å². The van der Waals surface area contributed by atoms with Gasteiger partial charge in [-0.3, -0.25) is 38.5 Å². The van der Waals surface area contributed by atoms with Crippen LogP contribution in [0.15, 0.2) is 35.3 Å². The maximum Gasteiger partial charge on any atom is 0.326 e. The Labute approximate surface area is 269 Å². The van der Waals surface area contributed by atoms with Gasteiger partial charge in [0.15, 0.2) is 16.9 Å². The molecule has 0 saturated carbocycles. The fourth-order valence-electron chi connectivity index (χ4n) is 4.16. The van der Waals surface area contributed by atoms with Gasteiger partial charge < -0.3 is 42.3 Å². The van der Waals surface area contributed by atoms with Crippen LogP contribution in [0.2, 0.25) is 0 Å². The number of nitrogen functional groups attached to an aromatic ring is 1. The molecule has 0 fully saturated rings. The Morgan fingerprint density at radius 1 is 0.875 bits per heavy atom. The van der Waals surface area contributed by atoms with Crippen LogP contribution in [-0.2, 0) is 35.3 Å².